The lowest BCUT2D eigenvalue weighted by molar-refractivity contribution is -0.123. The topological polar surface area (TPSA) is 83.8 Å². The highest BCUT2D eigenvalue weighted by molar-refractivity contribution is 5.77. The Kier molecular flexibility index (Phi) is 3.78. The lowest BCUT2D eigenvalue weighted by atomic mass is 9.75. The fraction of sp³-hybridized carbons (Fsp3) is 0.667. The zero-order valence-corrected chi connectivity index (χ0v) is 10.0. The lowest BCUT2D eigenvalue weighted by Gasteiger charge is -2.37. The van der Waals surface area contributed by atoms with E-state index in [0.717, 1.165) is 37.9 Å². The van der Waals surface area contributed by atoms with E-state index in [2.05, 4.69) is 15.3 Å². The van der Waals surface area contributed by atoms with Crippen LogP contribution in [0.3, 0.4) is 0 Å². The van der Waals surface area contributed by atoms with E-state index in [-0.39, 0.29) is 11.4 Å². The Morgan fingerprint density at radius 3 is 3.00 bits per heavy atom. The first kappa shape index (κ1) is 12.1. The molecule has 1 aromatic heterocycles. The molecule has 0 aromatic carbocycles. The summed E-state index contributed by atoms with van der Waals surface area (Å²) in [6, 6.07) is 0. The normalized spacial score (nSPS) is 17.5. The molecule has 1 aliphatic rings. The van der Waals surface area contributed by atoms with Crippen molar-refractivity contribution in [1.29, 1.82) is 0 Å². The van der Waals surface area contributed by atoms with Crippen LogP contribution < -0.4 is 11.1 Å². The summed E-state index contributed by atoms with van der Waals surface area (Å²) in [5.41, 5.74) is 5.79. The minimum absolute atomic E-state index is 0.0756. The van der Waals surface area contributed by atoms with E-state index >= 15 is 0 Å². The number of carbonyl (C=O) groups is 1. The van der Waals surface area contributed by atoms with Crippen LogP contribution in [0.5, 0.6) is 0 Å². The molecule has 5 heteroatoms. The number of nitrogens with one attached hydrogen (secondary N) is 2. The highest BCUT2D eigenvalue weighted by atomic mass is 16.1. The minimum Gasteiger partial charge on any atom is -0.356 e. The molecule has 5 nitrogen and oxygen atoms in total. The van der Waals surface area contributed by atoms with Gasteiger partial charge >= 0.3 is 0 Å². The molecular formula is C12H20N4O. The van der Waals surface area contributed by atoms with E-state index in [1.165, 1.54) is 0 Å². The maximum atomic E-state index is 11.6. The monoisotopic (exact) mass is 236 g/mol. The molecule has 1 fully saturated rings. The number of H-pyrrole nitrogens is 1. The molecule has 1 aliphatic carbocycles. The van der Waals surface area contributed by atoms with Crippen LogP contribution in [0, 0.1) is 0 Å². The van der Waals surface area contributed by atoms with Gasteiger partial charge in [-0.2, -0.15) is 0 Å². The largest absolute Gasteiger partial charge is 0.356 e. The van der Waals surface area contributed by atoms with E-state index in [1.807, 2.05) is 6.20 Å². The molecule has 0 atom stereocenters. The van der Waals surface area contributed by atoms with Gasteiger partial charge in [0.05, 0.1) is 0 Å². The third-order valence-electron chi connectivity index (χ3n) is 3.33. The van der Waals surface area contributed by atoms with E-state index in [0.29, 0.717) is 13.0 Å². The van der Waals surface area contributed by atoms with E-state index < -0.39 is 0 Å². The van der Waals surface area contributed by atoms with E-state index in [1.54, 1.807) is 6.20 Å². The number of rotatable bonds is 6. The van der Waals surface area contributed by atoms with Gasteiger partial charge in [-0.15, -0.1) is 0 Å². The zero-order chi connectivity index (χ0) is 12.1. The van der Waals surface area contributed by atoms with Crippen LogP contribution in [-0.4, -0.2) is 28.0 Å². The molecule has 94 valence electrons. The molecule has 1 aromatic rings. The minimum atomic E-state index is -0.217. The van der Waals surface area contributed by atoms with Gasteiger partial charge in [0.1, 0.15) is 5.82 Å². The summed E-state index contributed by atoms with van der Waals surface area (Å²) in [5.74, 6) is 1.04. The molecule has 0 aliphatic heterocycles. The van der Waals surface area contributed by atoms with Crippen molar-refractivity contribution in [3.8, 4) is 0 Å². The standard InChI is InChI=1S/C12H20N4O/c13-12(4-2-5-12)9-11(17)16-6-1-3-10-14-7-8-15-10/h7-8H,1-6,9,13H2,(H,14,15)(H,16,17). The number of hydrogen-bond donors (Lipinski definition) is 3. The molecule has 1 amide bonds. The third-order valence-corrected chi connectivity index (χ3v) is 3.33. The molecular weight excluding hydrogens is 216 g/mol. The Morgan fingerprint density at radius 1 is 1.59 bits per heavy atom. The summed E-state index contributed by atoms with van der Waals surface area (Å²) in [6.45, 7) is 0.690. The third kappa shape index (κ3) is 3.56. The van der Waals surface area contributed by atoms with Crippen LogP contribution in [0.2, 0.25) is 0 Å². The number of aromatic nitrogens is 2. The first-order chi connectivity index (χ1) is 8.18. The number of aryl methyl sites for hydroxylation is 1. The molecule has 0 saturated heterocycles. The predicted molar refractivity (Wildman–Crippen MR) is 65.3 cm³/mol. The number of carbonyl (C=O) groups excluding carboxylic acids is 1. The Morgan fingerprint density at radius 2 is 2.41 bits per heavy atom. The van der Waals surface area contributed by atoms with Crippen molar-refractivity contribution >= 4 is 5.91 Å². The molecule has 0 unspecified atom stereocenters. The highest BCUT2D eigenvalue weighted by Gasteiger charge is 2.34. The molecule has 0 bridgehead atoms. The fourth-order valence-corrected chi connectivity index (χ4v) is 2.11. The number of nitrogens with zero attached hydrogens (tertiary/aromatic N) is 1. The lowest BCUT2D eigenvalue weighted by Crippen LogP contribution is -2.50. The van der Waals surface area contributed by atoms with Gasteiger partial charge in [0.2, 0.25) is 5.91 Å². The first-order valence-electron chi connectivity index (χ1n) is 6.22. The molecule has 4 N–H and O–H groups in total. The SMILES string of the molecule is NC1(CC(=O)NCCCc2ncc[nH]2)CCC1. The van der Waals surface area contributed by atoms with Crippen molar-refractivity contribution in [2.24, 2.45) is 5.73 Å². The molecule has 1 saturated carbocycles. The van der Waals surface area contributed by atoms with Gasteiger partial charge in [0.15, 0.2) is 0 Å². The van der Waals surface area contributed by atoms with Gasteiger partial charge < -0.3 is 16.0 Å². The molecule has 17 heavy (non-hydrogen) atoms. The van der Waals surface area contributed by atoms with E-state index in [9.17, 15) is 4.79 Å². The van der Waals surface area contributed by atoms with Crippen LogP contribution >= 0.6 is 0 Å². The average molecular weight is 236 g/mol. The van der Waals surface area contributed by atoms with E-state index in [4.69, 9.17) is 5.73 Å². The van der Waals surface area contributed by atoms with Crippen molar-refractivity contribution in [2.75, 3.05) is 6.54 Å². The molecule has 1 heterocycles. The summed E-state index contributed by atoms with van der Waals surface area (Å²) < 4.78 is 0. The average Bonchev–Trinajstić information content (AvgIpc) is 2.75. The number of aromatic amines is 1. The Bertz CT molecular complexity index is 357. The Hall–Kier alpha value is -1.36. The Labute approximate surface area is 101 Å². The number of nitrogens with two attached hydrogens (primary N) is 1. The summed E-state index contributed by atoms with van der Waals surface area (Å²) in [6.07, 6.45) is 8.89. The number of imidazole rings is 1. The van der Waals surface area contributed by atoms with Gasteiger partial charge in [-0.25, -0.2) is 4.98 Å². The van der Waals surface area contributed by atoms with Crippen LogP contribution in [-0.2, 0) is 11.2 Å². The van der Waals surface area contributed by atoms with Crippen molar-refractivity contribution in [1.82, 2.24) is 15.3 Å². The second kappa shape index (κ2) is 5.31. The number of hydrogen-bond acceptors (Lipinski definition) is 3. The van der Waals surface area contributed by atoms with Crippen molar-refractivity contribution in [3.05, 3.63) is 18.2 Å². The van der Waals surface area contributed by atoms with Crippen LogP contribution in [0.4, 0.5) is 0 Å². The van der Waals surface area contributed by atoms with Gasteiger partial charge in [-0.05, 0) is 25.7 Å². The number of amides is 1. The van der Waals surface area contributed by atoms with Crippen molar-refractivity contribution in [2.45, 2.75) is 44.1 Å². The maximum absolute atomic E-state index is 11.6. The zero-order valence-electron chi connectivity index (χ0n) is 10.0. The highest BCUT2D eigenvalue weighted by Crippen LogP contribution is 2.31. The second-order valence-electron chi connectivity index (χ2n) is 4.88. The smallest absolute Gasteiger partial charge is 0.221 e. The van der Waals surface area contributed by atoms with Gasteiger partial charge in [-0.3, -0.25) is 4.79 Å². The van der Waals surface area contributed by atoms with Crippen molar-refractivity contribution < 1.29 is 4.79 Å². The van der Waals surface area contributed by atoms with Crippen LogP contribution in [0.25, 0.3) is 0 Å². The van der Waals surface area contributed by atoms with Gasteiger partial charge in [0.25, 0.3) is 0 Å². The summed E-state index contributed by atoms with van der Waals surface area (Å²) in [5, 5.41) is 2.91. The summed E-state index contributed by atoms with van der Waals surface area (Å²) in [4.78, 5) is 18.8. The molecule has 0 spiro atoms. The van der Waals surface area contributed by atoms with Gasteiger partial charge in [-0.1, -0.05) is 0 Å². The quantitative estimate of drug-likeness (QED) is 0.637. The first-order valence-corrected chi connectivity index (χ1v) is 6.22. The van der Waals surface area contributed by atoms with Crippen molar-refractivity contribution in [3.63, 3.8) is 0 Å². The summed E-state index contributed by atoms with van der Waals surface area (Å²) in [7, 11) is 0. The van der Waals surface area contributed by atoms with Crippen LogP contribution in [0.1, 0.15) is 37.9 Å². The van der Waals surface area contributed by atoms with Gasteiger partial charge in [0, 0.05) is 37.3 Å². The molecule has 2 rings (SSSR count). The summed E-state index contributed by atoms with van der Waals surface area (Å²) >= 11 is 0. The maximum Gasteiger partial charge on any atom is 0.221 e. The predicted octanol–water partition coefficient (Wildman–Crippen LogP) is 0.730. The fourth-order valence-electron chi connectivity index (χ4n) is 2.11. The van der Waals surface area contributed by atoms with Crippen LogP contribution in [0.15, 0.2) is 12.4 Å². The Balaban J connectivity index is 1.57. The molecule has 0 radical (unpaired) electrons. The second-order valence-corrected chi connectivity index (χ2v) is 4.88.